The van der Waals surface area contributed by atoms with E-state index in [1.807, 2.05) is 0 Å². The van der Waals surface area contributed by atoms with Crippen molar-refractivity contribution < 1.29 is 28.6 Å². The van der Waals surface area contributed by atoms with E-state index in [1.165, 1.54) is 231 Å². The van der Waals surface area contributed by atoms with E-state index in [0.29, 0.717) is 19.3 Å². The minimum Gasteiger partial charge on any atom is -0.462 e. The largest absolute Gasteiger partial charge is 0.462 e. The smallest absolute Gasteiger partial charge is 0.306 e. The molecular formula is C73H132O6. The molecule has 0 aliphatic rings. The van der Waals surface area contributed by atoms with Gasteiger partial charge < -0.3 is 14.2 Å². The fraction of sp³-hybridized carbons (Fsp3) is 0.822. The van der Waals surface area contributed by atoms with Gasteiger partial charge in [-0.15, -0.1) is 0 Å². The van der Waals surface area contributed by atoms with Gasteiger partial charge in [0.05, 0.1) is 0 Å². The lowest BCUT2D eigenvalue weighted by atomic mass is 10.0. The van der Waals surface area contributed by atoms with Crippen molar-refractivity contribution in [3.8, 4) is 0 Å². The van der Waals surface area contributed by atoms with E-state index in [9.17, 15) is 14.4 Å². The first-order valence-electron chi connectivity index (χ1n) is 34.8. The second kappa shape index (κ2) is 67.6. The van der Waals surface area contributed by atoms with Gasteiger partial charge in [-0.25, -0.2) is 0 Å². The molecule has 0 heterocycles. The van der Waals surface area contributed by atoms with Gasteiger partial charge in [-0.05, 0) is 77.0 Å². The molecule has 0 aromatic heterocycles. The molecule has 6 heteroatoms. The summed E-state index contributed by atoms with van der Waals surface area (Å²) in [5.41, 5.74) is 0. The van der Waals surface area contributed by atoms with Gasteiger partial charge in [-0.3, -0.25) is 14.4 Å². The summed E-state index contributed by atoms with van der Waals surface area (Å²) in [5.74, 6) is -0.858. The van der Waals surface area contributed by atoms with Crippen molar-refractivity contribution in [2.75, 3.05) is 13.2 Å². The number of rotatable bonds is 64. The van der Waals surface area contributed by atoms with Crippen LogP contribution in [-0.4, -0.2) is 37.2 Å². The predicted octanol–water partition coefficient (Wildman–Crippen LogP) is 23.9. The van der Waals surface area contributed by atoms with Crippen LogP contribution in [0.15, 0.2) is 60.8 Å². The molecule has 0 aromatic carbocycles. The van der Waals surface area contributed by atoms with Crippen LogP contribution in [0.2, 0.25) is 0 Å². The lowest BCUT2D eigenvalue weighted by molar-refractivity contribution is -0.167. The molecule has 0 fully saturated rings. The molecule has 0 aliphatic heterocycles. The summed E-state index contributed by atoms with van der Waals surface area (Å²) < 4.78 is 16.9. The average Bonchev–Trinajstić information content (AvgIpc) is 3.45. The van der Waals surface area contributed by atoms with E-state index in [1.54, 1.807) is 0 Å². The van der Waals surface area contributed by atoms with Crippen LogP contribution in [0.1, 0.15) is 367 Å². The van der Waals surface area contributed by atoms with Crippen molar-refractivity contribution >= 4 is 17.9 Å². The summed E-state index contributed by atoms with van der Waals surface area (Å²) in [5, 5.41) is 0. The molecule has 0 rings (SSSR count). The van der Waals surface area contributed by atoms with Crippen molar-refractivity contribution in [3.63, 3.8) is 0 Å². The zero-order valence-electron chi connectivity index (χ0n) is 52.9. The summed E-state index contributed by atoms with van der Waals surface area (Å²) in [6, 6.07) is 0. The number of unbranched alkanes of at least 4 members (excludes halogenated alkanes) is 43. The molecule has 0 N–H and O–H groups in total. The van der Waals surface area contributed by atoms with Gasteiger partial charge in [-0.2, -0.15) is 0 Å². The van der Waals surface area contributed by atoms with Gasteiger partial charge in [0, 0.05) is 19.3 Å². The van der Waals surface area contributed by atoms with Crippen LogP contribution < -0.4 is 0 Å². The second-order valence-corrected chi connectivity index (χ2v) is 23.4. The highest BCUT2D eigenvalue weighted by molar-refractivity contribution is 5.71. The monoisotopic (exact) mass is 1110 g/mol. The first-order chi connectivity index (χ1) is 39.0. The van der Waals surface area contributed by atoms with Crippen LogP contribution in [0.25, 0.3) is 0 Å². The third-order valence-corrected chi connectivity index (χ3v) is 15.5. The van der Waals surface area contributed by atoms with Gasteiger partial charge >= 0.3 is 17.9 Å². The van der Waals surface area contributed by atoms with Gasteiger partial charge in [0.25, 0.3) is 0 Å². The number of carbonyl (C=O) groups is 3. The van der Waals surface area contributed by atoms with Gasteiger partial charge in [0.15, 0.2) is 6.10 Å². The molecule has 6 nitrogen and oxygen atoms in total. The molecule has 79 heavy (non-hydrogen) atoms. The third kappa shape index (κ3) is 65.8. The lowest BCUT2D eigenvalue weighted by Gasteiger charge is -2.18. The third-order valence-electron chi connectivity index (χ3n) is 15.5. The molecular weight excluding hydrogens is 973 g/mol. The van der Waals surface area contributed by atoms with Gasteiger partial charge in [0.1, 0.15) is 13.2 Å². The molecule has 1 unspecified atom stereocenters. The molecule has 1 atom stereocenters. The molecule has 0 bridgehead atoms. The van der Waals surface area contributed by atoms with E-state index < -0.39 is 6.10 Å². The van der Waals surface area contributed by atoms with Crippen LogP contribution in [0.5, 0.6) is 0 Å². The molecule has 460 valence electrons. The molecule has 0 aromatic rings. The summed E-state index contributed by atoms with van der Waals surface area (Å²) in [6.45, 7) is 6.51. The van der Waals surface area contributed by atoms with Crippen LogP contribution >= 0.6 is 0 Å². The fourth-order valence-corrected chi connectivity index (χ4v) is 10.3. The molecule has 0 saturated carbocycles. The van der Waals surface area contributed by atoms with Crippen LogP contribution in [0.4, 0.5) is 0 Å². The molecule has 0 aliphatic carbocycles. The summed E-state index contributed by atoms with van der Waals surface area (Å²) >= 11 is 0. The predicted molar refractivity (Wildman–Crippen MR) is 344 cm³/mol. The number of esters is 3. The topological polar surface area (TPSA) is 78.9 Å². The second-order valence-electron chi connectivity index (χ2n) is 23.4. The maximum atomic E-state index is 12.9. The minimum absolute atomic E-state index is 0.0701. The number of allylic oxidation sites excluding steroid dienone is 10. The normalized spacial score (nSPS) is 12.4. The minimum atomic E-state index is -0.772. The summed E-state index contributed by atoms with van der Waals surface area (Å²) in [6.07, 6.45) is 87.0. The standard InChI is InChI=1S/C73H132O6/c1-4-7-10-13-16-19-22-24-26-28-29-30-31-32-33-34-35-36-37-38-39-40-41-42-43-44-45-46-48-49-51-54-57-60-63-66-72(75)78-69-70(68-77-71(74)65-62-59-56-53-21-18-15-12-9-6-3)79-73(76)67-64-61-58-55-52-50-47-27-25-23-20-17-14-11-8-5-2/h7,10,12,15-16,19,24,26,29-30,70H,4-6,8-9,11,13-14,17-18,20-23,25,27-28,31-69H2,1-3H3/b10-7-,15-12-,19-16-,26-24-,30-29-. The fourth-order valence-electron chi connectivity index (χ4n) is 10.3. The van der Waals surface area contributed by atoms with E-state index in [0.717, 1.165) is 96.3 Å². The van der Waals surface area contributed by atoms with Crippen LogP contribution in [0.3, 0.4) is 0 Å². The zero-order chi connectivity index (χ0) is 57.1. The van der Waals surface area contributed by atoms with E-state index in [2.05, 4.69) is 81.5 Å². The number of hydrogen-bond donors (Lipinski definition) is 0. The van der Waals surface area contributed by atoms with Gasteiger partial charge in [0.2, 0.25) is 0 Å². The highest BCUT2D eigenvalue weighted by Crippen LogP contribution is 2.18. The Labute approximate surface area is 491 Å². The highest BCUT2D eigenvalue weighted by Gasteiger charge is 2.19. The van der Waals surface area contributed by atoms with Crippen molar-refractivity contribution in [3.05, 3.63) is 60.8 Å². The van der Waals surface area contributed by atoms with Gasteiger partial charge in [-0.1, -0.05) is 332 Å². The SMILES string of the molecule is CC/C=C\C/C=C\C/C=C\C/C=C\CCCCCCCCCCCCCCCCCCCCCCCCC(=O)OCC(COC(=O)CCCCCCC/C=C\CCC)OC(=O)CCCCCCCCCCCCCCCCCC. The maximum Gasteiger partial charge on any atom is 0.306 e. The Morgan fingerprint density at radius 3 is 0.835 bits per heavy atom. The first kappa shape index (κ1) is 76.1. The summed E-state index contributed by atoms with van der Waals surface area (Å²) in [4.78, 5) is 38.2. The number of carbonyl (C=O) groups excluding carboxylic acids is 3. The number of ether oxygens (including phenoxy) is 3. The molecule has 0 radical (unpaired) electrons. The maximum absolute atomic E-state index is 12.9. The van der Waals surface area contributed by atoms with Crippen molar-refractivity contribution in [2.24, 2.45) is 0 Å². The highest BCUT2D eigenvalue weighted by atomic mass is 16.6. The Hall–Kier alpha value is -2.89. The number of hydrogen-bond acceptors (Lipinski definition) is 6. The van der Waals surface area contributed by atoms with E-state index in [4.69, 9.17) is 14.2 Å². The van der Waals surface area contributed by atoms with Crippen molar-refractivity contribution in [1.29, 1.82) is 0 Å². The molecule has 0 saturated heterocycles. The Morgan fingerprint density at radius 2 is 0.519 bits per heavy atom. The zero-order valence-corrected chi connectivity index (χ0v) is 52.9. The lowest BCUT2D eigenvalue weighted by Crippen LogP contribution is -2.30. The Kier molecular flexibility index (Phi) is 65.1. The van der Waals surface area contributed by atoms with E-state index in [-0.39, 0.29) is 31.1 Å². The summed E-state index contributed by atoms with van der Waals surface area (Å²) in [7, 11) is 0. The van der Waals surface area contributed by atoms with E-state index >= 15 is 0 Å². The average molecular weight is 1110 g/mol. The van der Waals surface area contributed by atoms with Crippen LogP contribution in [-0.2, 0) is 28.6 Å². The quantitative estimate of drug-likeness (QED) is 0.0261. The Morgan fingerprint density at radius 1 is 0.266 bits per heavy atom. The van der Waals surface area contributed by atoms with Crippen molar-refractivity contribution in [1.82, 2.24) is 0 Å². The molecule has 0 spiro atoms. The molecule has 0 amide bonds. The first-order valence-corrected chi connectivity index (χ1v) is 34.8. The Bertz CT molecular complexity index is 1410. The van der Waals surface area contributed by atoms with Crippen molar-refractivity contribution in [2.45, 2.75) is 374 Å². The Balaban J connectivity index is 4.01. The van der Waals surface area contributed by atoms with Crippen LogP contribution in [0, 0.1) is 0 Å².